The van der Waals surface area contributed by atoms with Gasteiger partial charge in [-0.15, -0.1) is 0 Å². The summed E-state index contributed by atoms with van der Waals surface area (Å²) in [5.74, 6) is 2.45. The average molecular weight is 552 g/mol. The molecule has 0 spiro atoms. The van der Waals surface area contributed by atoms with Gasteiger partial charge in [0.1, 0.15) is 22.3 Å². The fourth-order valence-electron chi connectivity index (χ4n) is 4.91. The minimum absolute atomic E-state index is 0.0102. The Bertz CT molecular complexity index is 1470. The number of methoxy groups -OCH3 is 1. The van der Waals surface area contributed by atoms with E-state index in [1.807, 2.05) is 24.3 Å². The van der Waals surface area contributed by atoms with Crippen LogP contribution >= 0.6 is 0 Å². The van der Waals surface area contributed by atoms with Crippen molar-refractivity contribution in [2.24, 2.45) is 0 Å². The number of hydrogen-bond acceptors (Lipinski definition) is 10. The van der Waals surface area contributed by atoms with Crippen LogP contribution in [0, 0.1) is 0 Å². The molecule has 0 radical (unpaired) electrons. The van der Waals surface area contributed by atoms with E-state index in [-0.39, 0.29) is 16.9 Å². The minimum Gasteiger partial charge on any atom is -0.494 e. The number of nitrogens with one attached hydrogen (secondary N) is 4. The molecule has 1 aromatic heterocycles. The van der Waals surface area contributed by atoms with Crippen molar-refractivity contribution in [1.82, 2.24) is 14.7 Å². The molecule has 12 heteroatoms. The SMILES string of the molecule is COc1cc(N2CCOCC2)ccc1Nc1nc2c(c(Nc3ccccc3S(=O)(=O)NC3CC3)n1)C(C)CN2. The molecule has 4 N–H and O–H groups in total. The first-order valence-electron chi connectivity index (χ1n) is 13.2. The van der Waals surface area contributed by atoms with Crippen molar-refractivity contribution in [2.45, 2.75) is 36.6 Å². The number of fused-ring (bicyclic) bond motifs is 1. The van der Waals surface area contributed by atoms with Gasteiger partial charge in [-0.25, -0.2) is 13.1 Å². The standard InChI is InChI=1S/C27H33N7O4S/c1-17-16-28-25-24(17)26(29-21-5-3-4-6-23(21)39(35,36)33-18-7-8-18)32-27(31-25)30-20-10-9-19(15-22(20)37-2)34-11-13-38-14-12-34/h3-6,9-10,15,17-18,33H,7-8,11-14,16H2,1-2H3,(H3,28,29,30,31,32). The smallest absolute Gasteiger partial charge is 0.242 e. The summed E-state index contributed by atoms with van der Waals surface area (Å²) in [6.45, 7) is 5.86. The Balaban J connectivity index is 1.32. The molecule has 3 heterocycles. The third-order valence-electron chi connectivity index (χ3n) is 7.15. The summed E-state index contributed by atoms with van der Waals surface area (Å²) in [6.07, 6.45) is 1.73. The first-order chi connectivity index (χ1) is 18.9. The van der Waals surface area contributed by atoms with Crippen LogP contribution in [0.25, 0.3) is 0 Å². The molecule has 0 amide bonds. The maximum absolute atomic E-state index is 13.1. The Morgan fingerprint density at radius 1 is 1.05 bits per heavy atom. The molecule has 1 unspecified atom stereocenters. The van der Waals surface area contributed by atoms with Crippen molar-refractivity contribution in [3.63, 3.8) is 0 Å². The molecule has 3 aliphatic rings. The molecule has 1 saturated carbocycles. The molecule has 39 heavy (non-hydrogen) atoms. The fourth-order valence-corrected chi connectivity index (χ4v) is 6.38. The van der Waals surface area contributed by atoms with Crippen molar-refractivity contribution in [2.75, 3.05) is 60.8 Å². The molecular weight excluding hydrogens is 518 g/mol. The Labute approximate surface area is 228 Å². The number of ether oxygens (including phenoxy) is 2. The van der Waals surface area contributed by atoms with Crippen LogP contribution in [0.2, 0.25) is 0 Å². The molecule has 206 valence electrons. The Kier molecular flexibility index (Phi) is 6.92. The highest BCUT2D eigenvalue weighted by Gasteiger charge is 2.31. The van der Waals surface area contributed by atoms with Gasteiger partial charge in [0.25, 0.3) is 0 Å². The van der Waals surface area contributed by atoms with Crippen LogP contribution in [0.5, 0.6) is 5.75 Å². The van der Waals surface area contributed by atoms with E-state index in [0.29, 0.717) is 48.8 Å². The number of morpholine rings is 1. The number of hydrogen-bond donors (Lipinski definition) is 4. The van der Waals surface area contributed by atoms with Gasteiger partial charge < -0.3 is 30.3 Å². The van der Waals surface area contributed by atoms with E-state index < -0.39 is 10.0 Å². The van der Waals surface area contributed by atoms with E-state index in [2.05, 4.69) is 32.5 Å². The number of sulfonamides is 1. The molecule has 2 aliphatic heterocycles. The van der Waals surface area contributed by atoms with Gasteiger partial charge in [0.2, 0.25) is 16.0 Å². The second-order valence-electron chi connectivity index (χ2n) is 10.1. The number of nitrogens with zero attached hydrogens (tertiary/aromatic N) is 3. The van der Waals surface area contributed by atoms with Gasteiger partial charge in [-0.3, -0.25) is 0 Å². The average Bonchev–Trinajstić information content (AvgIpc) is 3.67. The van der Waals surface area contributed by atoms with E-state index in [0.717, 1.165) is 42.9 Å². The second kappa shape index (κ2) is 10.5. The zero-order valence-electron chi connectivity index (χ0n) is 22.0. The maximum atomic E-state index is 13.1. The molecule has 1 aliphatic carbocycles. The van der Waals surface area contributed by atoms with Crippen molar-refractivity contribution in [1.29, 1.82) is 0 Å². The third-order valence-corrected chi connectivity index (χ3v) is 8.73. The second-order valence-corrected chi connectivity index (χ2v) is 11.7. The van der Waals surface area contributed by atoms with E-state index in [9.17, 15) is 8.42 Å². The number of benzene rings is 2. The van der Waals surface area contributed by atoms with Crippen molar-refractivity contribution in [3.8, 4) is 5.75 Å². The molecule has 6 rings (SSSR count). The fraction of sp³-hybridized carbons (Fsp3) is 0.407. The van der Waals surface area contributed by atoms with Gasteiger partial charge >= 0.3 is 0 Å². The van der Waals surface area contributed by atoms with E-state index in [4.69, 9.17) is 19.4 Å². The van der Waals surface area contributed by atoms with Gasteiger partial charge in [0, 0.05) is 48.9 Å². The number of para-hydroxylation sites is 1. The lowest BCUT2D eigenvalue weighted by Crippen LogP contribution is -2.36. The highest BCUT2D eigenvalue weighted by atomic mass is 32.2. The van der Waals surface area contributed by atoms with Gasteiger partial charge in [-0.05, 0) is 37.1 Å². The topological polar surface area (TPSA) is 130 Å². The molecule has 3 aromatic rings. The monoisotopic (exact) mass is 551 g/mol. The summed E-state index contributed by atoms with van der Waals surface area (Å²) in [5, 5.41) is 9.96. The third kappa shape index (κ3) is 5.45. The number of aromatic nitrogens is 2. The highest BCUT2D eigenvalue weighted by molar-refractivity contribution is 7.89. The van der Waals surface area contributed by atoms with Gasteiger partial charge in [0.05, 0.1) is 31.7 Å². The van der Waals surface area contributed by atoms with Crippen LogP contribution in [-0.2, 0) is 14.8 Å². The van der Waals surface area contributed by atoms with Crippen molar-refractivity contribution in [3.05, 3.63) is 48.0 Å². The first kappa shape index (κ1) is 25.7. The zero-order chi connectivity index (χ0) is 27.0. The van der Waals surface area contributed by atoms with Crippen molar-refractivity contribution >= 4 is 44.7 Å². The summed E-state index contributed by atoms with van der Waals surface area (Å²) in [7, 11) is -2.04. The molecular formula is C27H33N7O4S. The van der Waals surface area contributed by atoms with E-state index in [1.54, 1.807) is 25.3 Å². The van der Waals surface area contributed by atoms with Gasteiger partial charge in [0.15, 0.2) is 0 Å². The van der Waals surface area contributed by atoms with Gasteiger partial charge in [-0.1, -0.05) is 19.1 Å². The highest BCUT2D eigenvalue weighted by Crippen LogP contribution is 2.39. The summed E-state index contributed by atoms with van der Waals surface area (Å²) in [5.41, 5.74) is 3.16. The lowest BCUT2D eigenvalue weighted by Gasteiger charge is -2.29. The molecule has 11 nitrogen and oxygen atoms in total. The molecule has 2 aromatic carbocycles. The molecule has 1 atom stereocenters. The van der Waals surface area contributed by atoms with Crippen LogP contribution in [0.1, 0.15) is 31.2 Å². The van der Waals surface area contributed by atoms with Crippen LogP contribution in [0.4, 0.5) is 34.6 Å². The Morgan fingerprint density at radius 2 is 1.85 bits per heavy atom. The van der Waals surface area contributed by atoms with Crippen LogP contribution in [0.3, 0.4) is 0 Å². The Morgan fingerprint density at radius 3 is 2.62 bits per heavy atom. The number of rotatable bonds is 9. The van der Waals surface area contributed by atoms with E-state index in [1.165, 1.54) is 0 Å². The largest absolute Gasteiger partial charge is 0.494 e. The van der Waals surface area contributed by atoms with Crippen LogP contribution in [0.15, 0.2) is 47.4 Å². The Hall–Kier alpha value is -3.61. The van der Waals surface area contributed by atoms with Crippen LogP contribution < -0.4 is 30.3 Å². The first-order valence-corrected chi connectivity index (χ1v) is 14.7. The molecule has 2 fully saturated rings. The van der Waals surface area contributed by atoms with Crippen molar-refractivity contribution < 1.29 is 17.9 Å². The summed E-state index contributed by atoms with van der Waals surface area (Å²) >= 11 is 0. The zero-order valence-corrected chi connectivity index (χ0v) is 22.8. The minimum atomic E-state index is -3.67. The lowest BCUT2D eigenvalue weighted by molar-refractivity contribution is 0.122. The number of anilines is 6. The summed E-state index contributed by atoms with van der Waals surface area (Å²) in [6, 6.07) is 12.9. The molecule has 0 bridgehead atoms. The molecule has 1 saturated heterocycles. The van der Waals surface area contributed by atoms with E-state index >= 15 is 0 Å². The lowest BCUT2D eigenvalue weighted by atomic mass is 10.1. The van der Waals surface area contributed by atoms with Crippen LogP contribution in [-0.4, -0.2) is 64.4 Å². The van der Waals surface area contributed by atoms with Gasteiger partial charge in [-0.2, -0.15) is 9.97 Å². The normalized spacial score (nSPS) is 18.8. The summed E-state index contributed by atoms with van der Waals surface area (Å²) < 4.78 is 40.1. The quantitative estimate of drug-likeness (QED) is 0.312. The summed E-state index contributed by atoms with van der Waals surface area (Å²) in [4.78, 5) is 12.0. The predicted molar refractivity (Wildman–Crippen MR) is 151 cm³/mol. The maximum Gasteiger partial charge on any atom is 0.242 e. The predicted octanol–water partition coefficient (Wildman–Crippen LogP) is 3.78.